The molecular weight excluding hydrogens is 324 g/mol. The minimum absolute atomic E-state index is 0.104. The van der Waals surface area contributed by atoms with Crippen molar-refractivity contribution >= 4 is 23.6 Å². The molecule has 2 aliphatic heterocycles. The van der Waals surface area contributed by atoms with Crippen molar-refractivity contribution in [2.45, 2.75) is 25.3 Å². The second kappa shape index (κ2) is 8.65. The number of ether oxygens (including phenoxy) is 1. The largest absolute Gasteiger partial charge is 0.379 e. The summed E-state index contributed by atoms with van der Waals surface area (Å²) in [6.07, 6.45) is 6.84. The monoisotopic (exact) mass is 348 g/mol. The first-order valence-electron chi connectivity index (χ1n) is 8.77. The number of carbonyl (C=O) groups excluding carboxylic acids is 1. The number of morpholine rings is 1. The Balaban J connectivity index is 1.53. The quantitative estimate of drug-likeness (QED) is 0.787. The molecule has 0 aliphatic carbocycles. The Labute approximate surface area is 149 Å². The fraction of sp³-hybridized carbons (Fsp3) is 0.526. The molecule has 1 amide bonds. The fourth-order valence-corrected chi connectivity index (χ4v) is 3.58. The van der Waals surface area contributed by atoms with Crippen molar-refractivity contribution in [3.8, 4) is 0 Å². The van der Waals surface area contributed by atoms with E-state index < -0.39 is 0 Å². The van der Waals surface area contributed by atoms with Crippen LogP contribution in [0.2, 0.25) is 5.02 Å². The van der Waals surface area contributed by atoms with Crippen molar-refractivity contribution in [2.75, 3.05) is 39.4 Å². The molecule has 1 atom stereocenters. The number of rotatable bonds is 3. The molecule has 1 aromatic rings. The van der Waals surface area contributed by atoms with Crippen molar-refractivity contribution in [1.29, 1.82) is 0 Å². The molecule has 24 heavy (non-hydrogen) atoms. The van der Waals surface area contributed by atoms with E-state index in [0.717, 1.165) is 57.8 Å². The highest BCUT2D eigenvalue weighted by molar-refractivity contribution is 6.30. The van der Waals surface area contributed by atoms with E-state index in [-0.39, 0.29) is 5.91 Å². The fourth-order valence-electron chi connectivity index (χ4n) is 3.45. The summed E-state index contributed by atoms with van der Waals surface area (Å²) < 4.78 is 5.44. The Morgan fingerprint density at radius 3 is 2.58 bits per heavy atom. The van der Waals surface area contributed by atoms with Crippen LogP contribution in [-0.4, -0.2) is 61.1 Å². The third-order valence-corrected chi connectivity index (χ3v) is 5.11. The summed E-state index contributed by atoms with van der Waals surface area (Å²) in [6, 6.07) is 8.10. The van der Waals surface area contributed by atoms with E-state index in [2.05, 4.69) is 4.90 Å². The van der Waals surface area contributed by atoms with E-state index >= 15 is 0 Å². The molecule has 2 fully saturated rings. The Hall–Kier alpha value is -1.36. The molecule has 0 bridgehead atoms. The van der Waals surface area contributed by atoms with Crippen molar-refractivity contribution < 1.29 is 9.53 Å². The molecule has 2 saturated heterocycles. The maximum Gasteiger partial charge on any atom is 0.246 e. The van der Waals surface area contributed by atoms with Crippen LogP contribution >= 0.6 is 11.6 Å². The van der Waals surface area contributed by atoms with Crippen LogP contribution in [0.15, 0.2) is 30.3 Å². The number of hydrogen-bond acceptors (Lipinski definition) is 3. The lowest BCUT2D eigenvalue weighted by Gasteiger charge is -2.33. The highest BCUT2D eigenvalue weighted by Gasteiger charge is 2.25. The molecule has 2 aliphatic rings. The topological polar surface area (TPSA) is 32.8 Å². The summed E-state index contributed by atoms with van der Waals surface area (Å²) in [5, 5.41) is 0.708. The predicted octanol–water partition coefficient (Wildman–Crippen LogP) is 3.07. The molecule has 0 spiro atoms. The van der Waals surface area contributed by atoms with E-state index in [1.165, 1.54) is 6.42 Å². The normalized spacial score (nSPS) is 23.4. The number of likely N-dealkylation sites (tertiary alicyclic amines) is 1. The van der Waals surface area contributed by atoms with Gasteiger partial charge < -0.3 is 9.64 Å². The maximum absolute atomic E-state index is 12.5. The van der Waals surface area contributed by atoms with E-state index in [9.17, 15) is 4.79 Å². The summed E-state index contributed by atoms with van der Waals surface area (Å²) in [5.74, 6) is 0.104. The van der Waals surface area contributed by atoms with Crippen LogP contribution in [0.5, 0.6) is 0 Å². The first-order valence-corrected chi connectivity index (χ1v) is 9.14. The molecule has 2 heterocycles. The summed E-state index contributed by atoms with van der Waals surface area (Å²) >= 11 is 5.88. The highest BCUT2D eigenvalue weighted by atomic mass is 35.5. The van der Waals surface area contributed by atoms with Gasteiger partial charge in [-0.3, -0.25) is 9.69 Å². The SMILES string of the molecule is O=C(/C=C/c1ccc(Cl)cc1)N1CCCC(N2CCOCC2)CC1. The summed E-state index contributed by atoms with van der Waals surface area (Å²) in [4.78, 5) is 17.0. The van der Waals surface area contributed by atoms with Crippen LogP contribution in [0.25, 0.3) is 6.08 Å². The number of carbonyl (C=O) groups is 1. The van der Waals surface area contributed by atoms with Gasteiger partial charge in [-0.05, 0) is 43.0 Å². The minimum atomic E-state index is 0.104. The standard InChI is InChI=1S/C19H25ClN2O2/c20-17-6-3-16(4-7-17)5-8-19(23)22-10-1-2-18(9-11-22)21-12-14-24-15-13-21/h3-8,18H,1-2,9-15H2/b8-5+. The first-order chi connectivity index (χ1) is 11.7. The van der Waals surface area contributed by atoms with Gasteiger partial charge in [0.05, 0.1) is 13.2 Å². The molecule has 1 unspecified atom stereocenters. The van der Waals surface area contributed by atoms with Gasteiger partial charge in [0, 0.05) is 43.3 Å². The van der Waals surface area contributed by atoms with Gasteiger partial charge in [0.15, 0.2) is 0 Å². The van der Waals surface area contributed by atoms with Gasteiger partial charge in [-0.2, -0.15) is 0 Å². The van der Waals surface area contributed by atoms with Crippen LogP contribution in [0.1, 0.15) is 24.8 Å². The number of nitrogens with zero attached hydrogens (tertiary/aromatic N) is 2. The van der Waals surface area contributed by atoms with Gasteiger partial charge >= 0.3 is 0 Å². The van der Waals surface area contributed by atoms with Gasteiger partial charge in [-0.1, -0.05) is 23.7 Å². The lowest BCUT2D eigenvalue weighted by atomic mass is 10.1. The zero-order chi connectivity index (χ0) is 16.8. The summed E-state index contributed by atoms with van der Waals surface area (Å²) in [5.41, 5.74) is 0.994. The predicted molar refractivity (Wildman–Crippen MR) is 97.1 cm³/mol. The number of halogens is 1. The Morgan fingerprint density at radius 1 is 1.08 bits per heavy atom. The van der Waals surface area contributed by atoms with Crippen molar-refractivity contribution in [3.63, 3.8) is 0 Å². The number of amides is 1. The second-order valence-electron chi connectivity index (χ2n) is 6.44. The van der Waals surface area contributed by atoms with E-state index in [1.807, 2.05) is 35.2 Å². The number of hydrogen-bond donors (Lipinski definition) is 0. The van der Waals surface area contributed by atoms with E-state index in [1.54, 1.807) is 6.08 Å². The molecule has 0 aromatic heterocycles. The third-order valence-electron chi connectivity index (χ3n) is 4.86. The van der Waals surface area contributed by atoms with Gasteiger partial charge in [-0.25, -0.2) is 0 Å². The minimum Gasteiger partial charge on any atom is -0.379 e. The first kappa shape index (κ1) is 17.5. The molecule has 1 aromatic carbocycles. The van der Waals surface area contributed by atoms with Crippen molar-refractivity contribution in [1.82, 2.24) is 9.80 Å². The summed E-state index contributed by atoms with van der Waals surface area (Å²) in [7, 11) is 0. The Kier molecular flexibility index (Phi) is 6.30. The Morgan fingerprint density at radius 2 is 1.83 bits per heavy atom. The average Bonchev–Trinajstić information content (AvgIpc) is 2.88. The molecule has 0 radical (unpaired) electrons. The van der Waals surface area contributed by atoms with Crippen LogP contribution in [0, 0.1) is 0 Å². The van der Waals surface area contributed by atoms with Gasteiger partial charge in [0.2, 0.25) is 5.91 Å². The van der Waals surface area contributed by atoms with Crippen LogP contribution < -0.4 is 0 Å². The van der Waals surface area contributed by atoms with E-state index in [4.69, 9.17) is 16.3 Å². The van der Waals surface area contributed by atoms with Crippen LogP contribution in [0.3, 0.4) is 0 Å². The molecule has 3 rings (SSSR count). The average molecular weight is 349 g/mol. The summed E-state index contributed by atoms with van der Waals surface area (Å²) in [6.45, 7) is 5.41. The second-order valence-corrected chi connectivity index (χ2v) is 6.88. The van der Waals surface area contributed by atoms with Gasteiger partial charge in [0.25, 0.3) is 0 Å². The lowest BCUT2D eigenvalue weighted by Crippen LogP contribution is -2.44. The number of benzene rings is 1. The molecule has 0 saturated carbocycles. The smallest absolute Gasteiger partial charge is 0.246 e. The zero-order valence-corrected chi connectivity index (χ0v) is 14.8. The molecule has 5 heteroatoms. The molecule has 130 valence electrons. The van der Waals surface area contributed by atoms with Crippen molar-refractivity contribution in [3.05, 3.63) is 40.9 Å². The zero-order valence-electron chi connectivity index (χ0n) is 14.0. The van der Waals surface area contributed by atoms with Crippen LogP contribution in [-0.2, 0) is 9.53 Å². The molecule has 0 N–H and O–H groups in total. The highest BCUT2D eigenvalue weighted by Crippen LogP contribution is 2.18. The molecular formula is C19H25ClN2O2. The van der Waals surface area contributed by atoms with Crippen LogP contribution in [0.4, 0.5) is 0 Å². The maximum atomic E-state index is 12.5. The van der Waals surface area contributed by atoms with Gasteiger partial charge in [-0.15, -0.1) is 0 Å². The van der Waals surface area contributed by atoms with Gasteiger partial charge in [0.1, 0.15) is 0 Å². The van der Waals surface area contributed by atoms with Crippen molar-refractivity contribution in [2.24, 2.45) is 0 Å². The third kappa shape index (κ3) is 4.82. The molecule has 4 nitrogen and oxygen atoms in total. The lowest BCUT2D eigenvalue weighted by molar-refractivity contribution is -0.125. The Bertz CT molecular complexity index is 567. The van der Waals surface area contributed by atoms with E-state index in [0.29, 0.717) is 11.1 Å².